The van der Waals surface area contributed by atoms with Gasteiger partial charge in [0.15, 0.2) is 0 Å². The Hall–Kier alpha value is -0.0800. The summed E-state index contributed by atoms with van der Waals surface area (Å²) < 4.78 is 0. The summed E-state index contributed by atoms with van der Waals surface area (Å²) in [5, 5.41) is 3.83. The average molecular weight is 224 g/mol. The number of nitrogens with zero attached hydrogens (tertiary/aromatic N) is 1. The number of piperidine rings is 1. The normalized spacial score (nSPS) is 26.6. The average Bonchev–Trinajstić information content (AvgIpc) is 2.29. The molecule has 0 spiro atoms. The molecule has 1 N–H and O–H groups in total. The molecule has 2 aliphatic rings. The van der Waals surface area contributed by atoms with Crippen LogP contribution in [-0.2, 0) is 0 Å². The van der Waals surface area contributed by atoms with Crippen molar-refractivity contribution in [3.8, 4) is 0 Å². The molecule has 0 aromatic heterocycles. The van der Waals surface area contributed by atoms with Gasteiger partial charge in [-0.2, -0.15) is 0 Å². The zero-order chi connectivity index (χ0) is 11.4. The zero-order valence-electron chi connectivity index (χ0n) is 11.1. The first kappa shape index (κ1) is 12.4. The largest absolute Gasteiger partial charge is 0.313 e. The van der Waals surface area contributed by atoms with E-state index in [1.54, 1.807) is 0 Å². The molecule has 2 rings (SSSR count). The highest BCUT2D eigenvalue weighted by atomic mass is 15.1. The summed E-state index contributed by atoms with van der Waals surface area (Å²) in [6.07, 6.45) is 8.47. The second-order valence-corrected chi connectivity index (χ2v) is 5.80. The molecule has 1 aliphatic heterocycles. The minimum absolute atomic E-state index is 0.682. The minimum Gasteiger partial charge on any atom is -0.313 e. The lowest BCUT2D eigenvalue weighted by Gasteiger charge is -2.43. The van der Waals surface area contributed by atoms with E-state index >= 15 is 0 Å². The van der Waals surface area contributed by atoms with Gasteiger partial charge in [0.25, 0.3) is 0 Å². The highest BCUT2D eigenvalue weighted by Gasteiger charge is 2.35. The van der Waals surface area contributed by atoms with E-state index < -0.39 is 0 Å². The summed E-state index contributed by atoms with van der Waals surface area (Å²) >= 11 is 0. The van der Waals surface area contributed by atoms with E-state index in [2.05, 4.69) is 24.1 Å². The summed E-state index contributed by atoms with van der Waals surface area (Å²) in [6.45, 7) is 9.74. The molecule has 1 heterocycles. The third-order valence-corrected chi connectivity index (χ3v) is 4.96. The summed E-state index contributed by atoms with van der Waals surface area (Å²) in [5.41, 5.74) is 0.682. The Bertz CT molecular complexity index is 197. The Morgan fingerprint density at radius 2 is 1.88 bits per heavy atom. The minimum atomic E-state index is 0.682. The van der Waals surface area contributed by atoms with E-state index in [0.717, 1.165) is 6.04 Å². The molecule has 0 radical (unpaired) electrons. The van der Waals surface area contributed by atoms with E-state index in [4.69, 9.17) is 0 Å². The third-order valence-electron chi connectivity index (χ3n) is 4.96. The van der Waals surface area contributed by atoms with Crippen LogP contribution in [0.5, 0.6) is 0 Å². The number of nitrogens with one attached hydrogen (secondary N) is 1. The molecule has 94 valence electrons. The number of likely N-dealkylation sites (tertiary alicyclic amines) is 1. The van der Waals surface area contributed by atoms with Gasteiger partial charge in [0.05, 0.1) is 0 Å². The topological polar surface area (TPSA) is 15.3 Å². The summed E-state index contributed by atoms with van der Waals surface area (Å²) in [5.74, 6) is 0. The van der Waals surface area contributed by atoms with Crippen molar-refractivity contribution in [3.63, 3.8) is 0 Å². The second-order valence-electron chi connectivity index (χ2n) is 5.80. The highest BCUT2D eigenvalue weighted by Crippen LogP contribution is 2.43. The van der Waals surface area contributed by atoms with Crippen molar-refractivity contribution < 1.29 is 0 Å². The summed E-state index contributed by atoms with van der Waals surface area (Å²) in [7, 11) is 0. The van der Waals surface area contributed by atoms with Gasteiger partial charge in [0.1, 0.15) is 0 Å². The van der Waals surface area contributed by atoms with E-state index in [9.17, 15) is 0 Å². The Morgan fingerprint density at radius 3 is 2.31 bits per heavy atom. The van der Waals surface area contributed by atoms with E-state index in [-0.39, 0.29) is 0 Å². The Balaban J connectivity index is 1.67. The molecule has 2 nitrogen and oxygen atoms in total. The SMILES string of the molecule is CCN1CCC(NCC2(CC)CCC2)CC1. The first-order chi connectivity index (χ1) is 7.78. The molecule has 0 atom stereocenters. The van der Waals surface area contributed by atoms with Crippen LogP contribution >= 0.6 is 0 Å². The van der Waals surface area contributed by atoms with Crippen LogP contribution in [0.25, 0.3) is 0 Å². The molecule has 0 unspecified atom stereocenters. The maximum atomic E-state index is 3.83. The van der Waals surface area contributed by atoms with Crippen molar-refractivity contribution >= 4 is 0 Å². The van der Waals surface area contributed by atoms with Crippen LogP contribution in [0.3, 0.4) is 0 Å². The molecule has 0 aromatic rings. The van der Waals surface area contributed by atoms with Crippen molar-refractivity contribution in [2.24, 2.45) is 5.41 Å². The monoisotopic (exact) mass is 224 g/mol. The summed E-state index contributed by atoms with van der Waals surface area (Å²) in [6, 6.07) is 0.798. The van der Waals surface area contributed by atoms with E-state index in [1.807, 2.05) is 0 Å². The first-order valence-electron chi connectivity index (χ1n) is 7.24. The molecule has 0 aromatic carbocycles. The van der Waals surface area contributed by atoms with Gasteiger partial charge in [-0.15, -0.1) is 0 Å². The van der Waals surface area contributed by atoms with Gasteiger partial charge in [0.2, 0.25) is 0 Å². The maximum Gasteiger partial charge on any atom is 0.00916 e. The smallest absolute Gasteiger partial charge is 0.00916 e. The summed E-state index contributed by atoms with van der Waals surface area (Å²) in [4.78, 5) is 2.57. The second kappa shape index (κ2) is 5.50. The van der Waals surface area contributed by atoms with Gasteiger partial charge in [0, 0.05) is 12.6 Å². The maximum absolute atomic E-state index is 3.83. The Labute approximate surface area is 101 Å². The van der Waals surface area contributed by atoms with Gasteiger partial charge in [-0.3, -0.25) is 0 Å². The number of hydrogen-bond donors (Lipinski definition) is 1. The van der Waals surface area contributed by atoms with Crippen LogP contribution in [0.15, 0.2) is 0 Å². The lowest BCUT2D eigenvalue weighted by molar-refractivity contribution is 0.109. The van der Waals surface area contributed by atoms with Crippen molar-refractivity contribution in [3.05, 3.63) is 0 Å². The van der Waals surface area contributed by atoms with Crippen LogP contribution < -0.4 is 5.32 Å². The third kappa shape index (κ3) is 2.78. The van der Waals surface area contributed by atoms with Crippen LogP contribution in [0.2, 0.25) is 0 Å². The molecule has 1 saturated heterocycles. The molecule has 0 bridgehead atoms. The molecule has 0 amide bonds. The fourth-order valence-electron chi connectivity index (χ4n) is 3.15. The molecule has 16 heavy (non-hydrogen) atoms. The molecule has 2 heteroatoms. The number of hydrogen-bond acceptors (Lipinski definition) is 2. The van der Waals surface area contributed by atoms with Crippen molar-refractivity contribution in [1.82, 2.24) is 10.2 Å². The van der Waals surface area contributed by atoms with Crippen LogP contribution in [0, 0.1) is 5.41 Å². The molecule has 1 aliphatic carbocycles. The van der Waals surface area contributed by atoms with Gasteiger partial charge >= 0.3 is 0 Å². The van der Waals surface area contributed by atoms with Gasteiger partial charge in [-0.1, -0.05) is 20.3 Å². The highest BCUT2D eigenvalue weighted by molar-refractivity contribution is 4.90. The molecule has 2 fully saturated rings. The van der Waals surface area contributed by atoms with Crippen molar-refractivity contribution in [2.75, 3.05) is 26.2 Å². The fourth-order valence-corrected chi connectivity index (χ4v) is 3.15. The Morgan fingerprint density at radius 1 is 1.19 bits per heavy atom. The predicted octanol–water partition coefficient (Wildman–Crippen LogP) is 2.64. The van der Waals surface area contributed by atoms with Crippen LogP contribution in [0.1, 0.15) is 52.4 Å². The predicted molar refractivity (Wildman–Crippen MR) is 69.7 cm³/mol. The quantitative estimate of drug-likeness (QED) is 0.772. The van der Waals surface area contributed by atoms with E-state index in [0.29, 0.717) is 5.41 Å². The van der Waals surface area contributed by atoms with Crippen LogP contribution in [-0.4, -0.2) is 37.1 Å². The lowest BCUT2D eigenvalue weighted by atomic mass is 9.67. The first-order valence-corrected chi connectivity index (χ1v) is 7.24. The van der Waals surface area contributed by atoms with Crippen molar-refractivity contribution in [2.45, 2.75) is 58.4 Å². The lowest BCUT2D eigenvalue weighted by Crippen LogP contribution is -2.47. The standard InChI is InChI=1S/C14H28N2/c1-3-14(8-5-9-14)12-15-13-6-10-16(4-2)11-7-13/h13,15H,3-12H2,1-2H3. The van der Waals surface area contributed by atoms with Gasteiger partial charge in [-0.05, 0) is 57.2 Å². The number of rotatable bonds is 5. The van der Waals surface area contributed by atoms with Crippen molar-refractivity contribution in [1.29, 1.82) is 0 Å². The Kier molecular flexibility index (Phi) is 4.26. The van der Waals surface area contributed by atoms with Gasteiger partial charge < -0.3 is 10.2 Å². The van der Waals surface area contributed by atoms with Gasteiger partial charge in [-0.25, -0.2) is 0 Å². The van der Waals surface area contributed by atoms with Crippen LogP contribution in [0.4, 0.5) is 0 Å². The molecular formula is C14H28N2. The fraction of sp³-hybridized carbons (Fsp3) is 1.00. The zero-order valence-corrected chi connectivity index (χ0v) is 11.1. The molecular weight excluding hydrogens is 196 g/mol. The molecule has 1 saturated carbocycles. The van der Waals surface area contributed by atoms with E-state index in [1.165, 1.54) is 64.7 Å².